The van der Waals surface area contributed by atoms with Crippen LogP contribution in [0.4, 0.5) is 14.5 Å². The Bertz CT molecular complexity index is 684. The third-order valence-electron chi connectivity index (χ3n) is 2.97. The van der Waals surface area contributed by atoms with Crippen LogP contribution in [0.2, 0.25) is 0 Å². The van der Waals surface area contributed by atoms with E-state index in [0.29, 0.717) is 5.75 Å². The number of nitrogens with two attached hydrogens (primary N) is 1. The van der Waals surface area contributed by atoms with Crippen LogP contribution in [-0.2, 0) is 0 Å². The molecule has 0 aliphatic carbocycles. The lowest BCUT2D eigenvalue weighted by atomic mass is 10.00. The fourth-order valence-corrected chi connectivity index (χ4v) is 1.95. The molecule has 0 heterocycles. The number of ether oxygens (including phenoxy) is 1. The van der Waals surface area contributed by atoms with Crippen LogP contribution < -0.4 is 10.5 Å². The van der Waals surface area contributed by atoms with E-state index >= 15 is 0 Å². The standard InChI is InChI=1S/C15H13F2NO2/c1-8-5-9(3-4-13(8)20-2)15(19)11-6-10(16)7-12(18)14(11)17/h3-7H,18H2,1-2H3. The van der Waals surface area contributed by atoms with Gasteiger partial charge in [0.05, 0.1) is 18.4 Å². The molecular weight excluding hydrogens is 264 g/mol. The van der Waals surface area contributed by atoms with E-state index in [1.807, 2.05) is 0 Å². The zero-order valence-corrected chi connectivity index (χ0v) is 11.0. The highest BCUT2D eigenvalue weighted by atomic mass is 19.1. The second-order valence-electron chi connectivity index (χ2n) is 4.37. The minimum atomic E-state index is -0.912. The van der Waals surface area contributed by atoms with E-state index in [9.17, 15) is 13.6 Å². The van der Waals surface area contributed by atoms with Crippen molar-refractivity contribution in [1.82, 2.24) is 0 Å². The van der Waals surface area contributed by atoms with Gasteiger partial charge in [-0.1, -0.05) is 0 Å². The van der Waals surface area contributed by atoms with Gasteiger partial charge in [0, 0.05) is 5.56 Å². The topological polar surface area (TPSA) is 52.3 Å². The van der Waals surface area contributed by atoms with Gasteiger partial charge in [-0.25, -0.2) is 8.78 Å². The zero-order chi connectivity index (χ0) is 14.9. The quantitative estimate of drug-likeness (QED) is 0.693. The van der Waals surface area contributed by atoms with Crippen molar-refractivity contribution >= 4 is 11.5 Å². The van der Waals surface area contributed by atoms with E-state index in [-0.39, 0.29) is 11.1 Å². The van der Waals surface area contributed by atoms with Gasteiger partial charge in [0.2, 0.25) is 0 Å². The Kier molecular flexibility index (Phi) is 3.70. The summed E-state index contributed by atoms with van der Waals surface area (Å²) < 4.78 is 32.2. The molecule has 0 radical (unpaired) electrons. The maximum atomic E-state index is 13.8. The number of methoxy groups -OCH3 is 1. The first-order chi connectivity index (χ1) is 9.43. The number of nitrogen functional groups attached to an aromatic ring is 1. The average molecular weight is 277 g/mol. The largest absolute Gasteiger partial charge is 0.496 e. The first-order valence-electron chi connectivity index (χ1n) is 5.88. The summed E-state index contributed by atoms with van der Waals surface area (Å²) in [5.41, 5.74) is 5.52. The first-order valence-corrected chi connectivity index (χ1v) is 5.88. The smallest absolute Gasteiger partial charge is 0.196 e. The summed E-state index contributed by atoms with van der Waals surface area (Å²) in [7, 11) is 1.51. The van der Waals surface area contributed by atoms with Gasteiger partial charge in [0.25, 0.3) is 0 Å². The lowest BCUT2D eigenvalue weighted by molar-refractivity contribution is 0.103. The Morgan fingerprint density at radius 1 is 1.20 bits per heavy atom. The number of carbonyl (C=O) groups is 1. The highest BCUT2D eigenvalue weighted by Gasteiger charge is 2.18. The van der Waals surface area contributed by atoms with Crippen molar-refractivity contribution < 1.29 is 18.3 Å². The maximum Gasteiger partial charge on any atom is 0.196 e. The fourth-order valence-electron chi connectivity index (χ4n) is 1.95. The molecule has 0 amide bonds. The Labute approximate surface area is 115 Å². The zero-order valence-electron chi connectivity index (χ0n) is 11.0. The number of hydrogen-bond donors (Lipinski definition) is 1. The molecule has 0 saturated carbocycles. The number of carbonyl (C=O) groups excluding carboxylic acids is 1. The number of rotatable bonds is 3. The molecule has 20 heavy (non-hydrogen) atoms. The highest BCUT2D eigenvalue weighted by molar-refractivity contribution is 6.09. The summed E-state index contributed by atoms with van der Waals surface area (Å²) in [6.07, 6.45) is 0. The Balaban J connectivity index is 2.49. The monoisotopic (exact) mass is 277 g/mol. The molecule has 0 fully saturated rings. The summed E-state index contributed by atoms with van der Waals surface area (Å²) in [5, 5.41) is 0. The second kappa shape index (κ2) is 5.28. The number of hydrogen-bond acceptors (Lipinski definition) is 3. The molecule has 0 spiro atoms. The van der Waals surface area contributed by atoms with Crippen molar-refractivity contribution in [3.63, 3.8) is 0 Å². The van der Waals surface area contributed by atoms with Crippen LogP contribution in [0.5, 0.6) is 5.75 Å². The first kappa shape index (κ1) is 14.0. The highest BCUT2D eigenvalue weighted by Crippen LogP contribution is 2.23. The van der Waals surface area contributed by atoms with Gasteiger partial charge in [-0.15, -0.1) is 0 Å². The molecule has 2 rings (SSSR count). The van der Waals surface area contributed by atoms with Gasteiger partial charge in [0.1, 0.15) is 11.6 Å². The molecule has 0 bridgehead atoms. The molecule has 5 heteroatoms. The summed E-state index contributed by atoms with van der Waals surface area (Å²) in [6, 6.07) is 6.33. The van der Waals surface area contributed by atoms with Gasteiger partial charge in [-0.05, 0) is 42.8 Å². The van der Waals surface area contributed by atoms with Crippen LogP contribution in [0.1, 0.15) is 21.5 Å². The number of aryl methyl sites for hydroxylation is 1. The van der Waals surface area contributed by atoms with Crippen molar-refractivity contribution in [2.45, 2.75) is 6.92 Å². The van der Waals surface area contributed by atoms with E-state index in [0.717, 1.165) is 17.7 Å². The van der Waals surface area contributed by atoms with Crippen molar-refractivity contribution in [3.05, 3.63) is 58.7 Å². The molecule has 0 atom stereocenters. The summed E-state index contributed by atoms with van der Waals surface area (Å²) in [5.74, 6) is -1.68. The molecule has 2 N–H and O–H groups in total. The molecule has 2 aromatic rings. The van der Waals surface area contributed by atoms with Gasteiger partial charge in [0.15, 0.2) is 11.6 Å². The molecule has 2 aromatic carbocycles. The fraction of sp³-hybridized carbons (Fsp3) is 0.133. The minimum absolute atomic E-state index is 0.243. The number of ketones is 1. The number of halogens is 2. The normalized spacial score (nSPS) is 10.4. The SMILES string of the molecule is COc1ccc(C(=O)c2cc(F)cc(N)c2F)cc1C. The van der Waals surface area contributed by atoms with E-state index in [1.165, 1.54) is 13.2 Å². The molecule has 104 valence electrons. The van der Waals surface area contributed by atoms with E-state index < -0.39 is 23.1 Å². The van der Waals surface area contributed by atoms with E-state index in [1.54, 1.807) is 19.1 Å². The summed E-state index contributed by atoms with van der Waals surface area (Å²) in [4.78, 5) is 12.2. The van der Waals surface area contributed by atoms with Crippen molar-refractivity contribution in [1.29, 1.82) is 0 Å². The number of benzene rings is 2. The lowest BCUT2D eigenvalue weighted by Crippen LogP contribution is -2.08. The van der Waals surface area contributed by atoms with Crippen LogP contribution in [0, 0.1) is 18.6 Å². The van der Waals surface area contributed by atoms with Crippen LogP contribution in [0.3, 0.4) is 0 Å². The van der Waals surface area contributed by atoms with Crippen LogP contribution >= 0.6 is 0 Å². The van der Waals surface area contributed by atoms with Crippen LogP contribution in [0.15, 0.2) is 30.3 Å². The average Bonchev–Trinajstić information content (AvgIpc) is 2.42. The molecular formula is C15H13F2NO2. The predicted molar refractivity (Wildman–Crippen MR) is 71.9 cm³/mol. The van der Waals surface area contributed by atoms with E-state index in [4.69, 9.17) is 10.5 Å². The molecule has 0 aliphatic heterocycles. The maximum absolute atomic E-state index is 13.8. The third kappa shape index (κ3) is 2.47. The van der Waals surface area contributed by atoms with E-state index in [2.05, 4.69) is 0 Å². The molecule has 0 aliphatic rings. The minimum Gasteiger partial charge on any atom is -0.496 e. The Morgan fingerprint density at radius 3 is 2.50 bits per heavy atom. The Morgan fingerprint density at radius 2 is 1.90 bits per heavy atom. The third-order valence-corrected chi connectivity index (χ3v) is 2.97. The van der Waals surface area contributed by atoms with Crippen LogP contribution in [0.25, 0.3) is 0 Å². The van der Waals surface area contributed by atoms with Gasteiger partial charge >= 0.3 is 0 Å². The van der Waals surface area contributed by atoms with Gasteiger partial charge in [-0.3, -0.25) is 4.79 Å². The van der Waals surface area contributed by atoms with Crippen molar-refractivity contribution in [2.75, 3.05) is 12.8 Å². The molecule has 0 unspecified atom stereocenters. The predicted octanol–water partition coefficient (Wildman–Crippen LogP) is 3.10. The van der Waals surface area contributed by atoms with Crippen LogP contribution in [-0.4, -0.2) is 12.9 Å². The number of anilines is 1. The second-order valence-corrected chi connectivity index (χ2v) is 4.37. The molecule has 0 saturated heterocycles. The molecule has 0 aromatic heterocycles. The summed E-state index contributed by atoms with van der Waals surface area (Å²) in [6.45, 7) is 1.76. The van der Waals surface area contributed by atoms with Crippen molar-refractivity contribution in [2.24, 2.45) is 0 Å². The summed E-state index contributed by atoms with van der Waals surface area (Å²) >= 11 is 0. The Hall–Kier alpha value is -2.43. The van der Waals surface area contributed by atoms with Gasteiger partial charge < -0.3 is 10.5 Å². The van der Waals surface area contributed by atoms with Gasteiger partial charge in [-0.2, -0.15) is 0 Å². The molecule has 3 nitrogen and oxygen atoms in total. The van der Waals surface area contributed by atoms with Crippen molar-refractivity contribution in [3.8, 4) is 5.75 Å². The lowest BCUT2D eigenvalue weighted by Gasteiger charge is -2.08.